The molecule has 0 aliphatic heterocycles. The van der Waals surface area contributed by atoms with Crippen molar-refractivity contribution in [3.05, 3.63) is 175 Å². The molecule has 0 saturated carbocycles. The second kappa shape index (κ2) is 10.3. The van der Waals surface area contributed by atoms with E-state index in [4.69, 9.17) is 0 Å². The Morgan fingerprint density at radius 3 is 2.08 bits per heavy atom. The number of aromatic nitrogens is 2. The van der Waals surface area contributed by atoms with Crippen molar-refractivity contribution in [3.63, 3.8) is 0 Å². The third-order valence-corrected chi connectivity index (χ3v) is 11.4. The van der Waals surface area contributed by atoms with Crippen LogP contribution in [0.15, 0.2) is 164 Å². The van der Waals surface area contributed by atoms with Gasteiger partial charge in [0.2, 0.25) is 0 Å². The van der Waals surface area contributed by atoms with Crippen LogP contribution in [-0.2, 0) is 5.41 Å². The molecule has 240 valence electrons. The van der Waals surface area contributed by atoms with Crippen molar-refractivity contribution in [3.8, 4) is 16.8 Å². The van der Waals surface area contributed by atoms with E-state index >= 15 is 0 Å². The van der Waals surface area contributed by atoms with Crippen molar-refractivity contribution in [2.45, 2.75) is 19.3 Å². The van der Waals surface area contributed by atoms with E-state index in [-0.39, 0.29) is 5.41 Å². The van der Waals surface area contributed by atoms with E-state index in [2.05, 4.69) is 180 Å². The van der Waals surface area contributed by atoms with Crippen LogP contribution in [0.25, 0.3) is 70.9 Å². The Hall–Kier alpha value is -6.45. The molecule has 2 aromatic heterocycles. The lowest BCUT2D eigenvalue weighted by atomic mass is 9.82. The summed E-state index contributed by atoms with van der Waals surface area (Å²) in [5.74, 6) is 0. The number of para-hydroxylation sites is 2. The minimum absolute atomic E-state index is 0.0912. The topological polar surface area (TPSA) is 21.1 Å². The highest BCUT2D eigenvalue weighted by Crippen LogP contribution is 2.52. The van der Waals surface area contributed by atoms with E-state index in [1.54, 1.807) is 0 Å². The molecule has 0 amide bonds. The smallest absolute Gasteiger partial charge is 0.0572 e. The molecule has 3 heteroatoms. The summed E-state index contributed by atoms with van der Waals surface area (Å²) in [6.45, 7) is 4.71. The van der Waals surface area contributed by atoms with Gasteiger partial charge in [-0.15, -0.1) is 0 Å². The van der Waals surface area contributed by atoms with Crippen LogP contribution in [0.2, 0.25) is 0 Å². The third kappa shape index (κ3) is 3.86. The Morgan fingerprint density at radius 2 is 1.22 bits per heavy atom. The van der Waals surface area contributed by atoms with E-state index in [9.17, 15) is 0 Å². The van der Waals surface area contributed by atoms with E-state index in [1.165, 1.54) is 82.1 Å². The third-order valence-electron chi connectivity index (χ3n) is 11.4. The maximum absolute atomic E-state index is 4.61. The van der Waals surface area contributed by atoms with Gasteiger partial charge in [-0.25, -0.2) is 0 Å². The molecule has 1 aliphatic carbocycles. The van der Waals surface area contributed by atoms with Crippen LogP contribution in [0.3, 0.4) is 0 Å². The van der Waals surface area contributed by atoms with Gasteiger partial charge in [0, 0.05) is 51.0 Å². The van der Waals surface area contributed by atoms with Gasteiger partial charge >= 0.3 is 0 Å². The van der Waals surface area contributed by atoms with Crippen LogP contribution >= 0.6 is 0 Å². The summed E-state index contributed by atoms with van der Waals surface area (Å²) < 4.78 is 2.39. The van der Waals surface area contributed by atoms with E-state index in [0.717, 1.165) is 17.1 Å². The summed E-state index contributed by atoms with van der Waals surface area (Å²) in [4.78, 5) is 7.06. The van der Waals surface area contributed by atoms with Gasteiger partial charge < -0.3 is 9.47 Å². The number of nitrogens with zero attached hydrogens (tertiary/aromatic N) is 3. The first kappa shape index (κ1) is 28.4. The van der Waals surface area contributed by atoms with Crippen LogP contribution in [0.5, 0.6) is 0 Å². The van der Waals surface area contributed by atoms with Crippen molar-refractivity contribution in [1.29, 1.82) is 0 Å². The monoisotopic (exact) mass is 651 g/mol. The number of anilines is 3. The summed E-state index contributed by atoms with van der Waals surface area (Å²) in [6, 6.07) is 55.8. The molecule has 0 fully saturated rings. The molecule has 0 unspecified atom stereocenters. The van der Waals surface area contributed by atoms with Gasteiger partial charge in [0.1, 0.15) is 0 Å². The van der Waals surface area contributed by atoms with Gasteiger partial charge in [-0.3, -0.25) is 4.98 Å². The zero-order chi connectivity index (χ0) is 33.8. The lowest BCUT2D eigenvalue weighted by Gasteiger charge is -2.29. The molecule has 3 nitrogen and oxygen atoms in total. The fraction of sp³-hybridized carbons (Fsp3) is 0.0625. The maximum atomic E-state index is 4.61. The summed E-state index contributed by atoms with van der Waals surface area (Å²) >= 11 is 0. The average molecular weight is 652 g/mol. The zero-order valence-corrected chi connectivity index (χ0v) is 28.4. The first-order valence-corrected chi connectivity index (χ1v) is 17.7. The molecule has 0 N–H and O–H groups in total. The Morgan fingerprint density at radius 1 is 0.510 bits per heavy atom. The molecular weight excluding hydrogens is 619 g/mol. The van der Waals surface area contributed by atoms with Crippen LogP contribution in [-0.4, -0.2) is 9.55 Å². The molecule has 51 heavy (non-hydrogen) atoms. The Labute approximate surface area is 296 Å². The predicted molar refractivity (Wildman–Crippen MR) is 215 cm³/mol. The molecular formula is C48H33N3. The predicted octanol–water partition coefficient (Wildman–Crippen LogP) is 12.9. The first-order chi connectivity index (χ1) is 25.1. The normalized spacial score (nSPS) is 13.5. The summed E-state index contributed by atoms with van der Waals surface area (Å²) in [5.41, 5.74) is 12.3. The highest BCUT2D eigenvalue weighted by molar-refractivity contribution is 6.34. The molecule has 11 rings (SSSR count). The molecule has 10 aromatic rings. The van der Waals surface area contributed by atoms with Crippen LogP contribution in [0.4, 0.5) is 17.1 Å². The second-order valence-electron chi connectivity index (χ2n) is 14.4. The van der Waals surface area contributed by atoms with Crippen molar-refractivity contribution in [2.24, 2.45) is 0 Å². The fourth-order valence-corrected chi connectivity index (χ4v) is 9.10. The van der Waals surface area contributed by atoms with Gasteiger partial charge in [0.15, 0.2) is 0 Å². The summed E-state index contributed by atoms with van der Waals surface area (Å²) in [5, 5.41) is 9.99. The van der Waals surface area contributed by atoms with Crippen molar-refractivity contribution >= 4 is 71.2 Å². The molecule has 0 radical (unpaired) electrons. The number of rotatable bonds is 4. The van der Waals surface area contributed by atoms with Gasteiger partial charge in [-0.05, 0) is 104 Å². The van der Waals surface area contributed by atoms with Crippen LogP contribution in [0.1, 0.15) is 25.0 Å². The van der Waals surface area contributed by atoms with Crippen molar-refractivity contribution < 1.29 is 0 Å². The lowest BCUT2D eigenvalue weighted by molar-refractivity contribution is 0.660. The Kier molecular flexibility index (Phi) is 5.73. The van der Waals surface area contributed by atoms with Gasteiger partial charge in [-0.1, -0.05) is 111 Å². The standard InChI is InChI=1S/C48H33N3/c1-48(2)40-16-10-9-15-35(40)36-23-20-34(28-41(36)48)50(32-11-5-3-6-12-32)42-24-19-30-17-22-38-46-31(18-21-37(42)45(30)46)27-44-47(38)39-29-49-26-25-43(39)51(44)33-13-7-4-8-14-33/h3-29H,1-2H3. The molecule has 8 aromatic carbocycles. The molecule has 1 aliphatic rings. The van der Waals surface area contributed by atoms with Crippen LogP contribution in [0, 0.1) is 0 Å². The lowest BCUT2D eigenvalue weighted by Crippen LogP contribution is -2.16. The minimum atomic E-state index is -0.0912. The molecule has 0 atom stereocenters. The molecule has 0 bridgehead atoms. The van der Waals surface area contributed by atoms with E-state index in [1.807, 2.05) is 12.4 Å². The van der Waals surface area contributed by atoms with Gasteiger partial charge in [-0.2, -0.15) is 0 Å². The Bertz CT molecular complexity index is 2990. The molecule has 0 spiro atoms. The second-order valence-corrected chi connectivity index (χ2v) is 14.4. The number of hydrogen-bond acceptors (Lipinski definition) is 2. The number of fused-ring (bicyclic) bond motifs is 7. The molecule has 2 heterocycles. The minimum Gasteiger partial charge on any atom is -0.310 e. The highest BCUT2D eigenvalue weighted by atomic mass is 15.1. The largest absolute Gasteiger partial charge is 0.310 e. The Balaban J connectivity index is 1.20. The van der Waals surface area contributed by atoms with E-state index < -0.39 is 0 Å². The van der Waals surface area contributed by atoms with Crippen molar-refractivity contribution in [1.82, 2.24) is 9.55 Å². The van der Waals surface area contributed by atoms with E-state index in [0.29, 0.717) is 0 Å². The number of benzene rings is 8. The molecule has 0 saturated heterocycles. The summed E-state index contributed by atoms with van der Waals surface area (Å²) in [7, 11) is 0. The highest BCUT2D eigenvalue weighted by Gasteiger charge is 2.36. The summed E-state index contributed by atoms with van der Waals surface area (Å²) in [6.07, 6.45) is 3.93. The number of hydrogen-bond donors (Lipinski definition) is 0. The SMILES string of the molecule is CC1(C)c2ccccc2-c2ccc(N(c3ccccc3)c3ccc4ccc5c6c(ccc3c46)cc3c5c4cnccc4n3-c3ccccc3)cc21. The number of pyridine rings is 1. The average Bonchev–Trinajstić information content (AvgIpc) is 3.63. The quantitative estimate of drug-likeness (QED) is 0.177. The first-order valence-electron chi connectivity index (χ1n) is 17.7. The fourth-order valence-electron chi connectivity index (χ4n) is 9.10. The maximum Gasteiger partial charge on any atom is 0.0572 e. The zero-order valence-electron chi connectivity index (χ0n) is 28.4. The van der Waals surface area contributed by atoms with Crippen molar-refractivity contribution in [2.75, 3.05) is 4.90 Å². The van der Waals surface area contributed by atoms with Gasteiger partial charge in [0.25, 0.3) is 0 Å². The van der Waals surface area contributed by atoms with Gasteiger partial charge in [0.05, 0.1) is 16.7 Å². The van der Waals surface area contributed by atoms with Crippen LogP contribution < -0.4 is 4.90 Å².